The molecular weight excluding hydrogens is 328 g/mol. The third kappa shape index (κ3) is 3.64. The summed E-state index contributed by atoms with van der Waals surface area (Å²) in [5, 5.41) is 0. The van der Waals surface area contributed by atoms with Gasteiger partial charge in [0.25, 0.3) is 5.91 Å². The first-order valence-electron chi connectivity index (χ1n) is 8.42. The number of hydrogen-bond donors (Lipinski definition) is 0. The first-order chi connectivity index (χ1) is 12.0. The molecule has 3 aromatic rings. The zero-order chi connectivity index (χ0) is 18.0. The van der Waals surface area contributed by atoms with Crippen molar-refractivity contribution in [1.29, 1.82) is 0 Å². The summed E-state index contributed by atoms with van der Waals surface area (Å²) in [6.45, 7) is 9.03. The number of hydrogen-bond acceptors (Lipinski definition) is 2. The van der Waals surface area contributed by atoms with Gasteiger partial charge in [-0.15, -0.1) is 11.3 Å². The van der Waals surface area contributed by atoms with E-state index in [4.69, 9.17) is 0 Å². The summed E-state index contributed by atoms with van der Waals surface area (Å²) in [6, 6.07) is 16.0. The molecule has 0 spiro atoms. The minimum atomic E-state index is -0.195. The fraction of sp³-hybridized carbons (Fsp3) is 0.238. The number of thiazole rings is 1. The predicted octanol–water partition coefficient (Wildman–Crippen LogP) is 4.90. The Labute approximate surface area is 152 Å². The third-order valence-electron chi connectivity index (χ3n) is 4.22. The molecule has 2 aromatic carbocycles. The molecule has 0 aliphatic carbocycles. The van der Waals surface area contributed by atoms with Crippen LogP contribution in [0.2, 0.25) is 0 Å². The molecule has 0 fully saturated rings. The van der Waals surface area contributed by atoms with Crippen LogP contribution in [0.25, 0.3) is 11.3 Å². The number of carbonyl (C=O) groups excluding carboxylic acids is 1. The highest BCUT2D eigenvalue weighted by molar-refractivity contribution is 7.09. The van der Waals surface area contributed by atoms with Gasteiger partial charge in [-0.25, -0.2) is 0 Å². The van der Waals surface area contributed by atoms with Gasteiger partial charge in [-0.05, 0) is 45.4 Å². The molecule has 3 rings (SSSR count). The molecule has 25 heavy (non-hydrogen) atoms. The molecule has 0 radical (unpaired) electrons. The molecule has 0 saturated heterocycles. The van der Waals surface area contributed by atoms with Crippen LogP contribution in [0.4, 0.5) is 0 Å². The largest absolute Gasteiger partial charge is 0.316 e. The van der Waals surface area contributed by atoms with Crippen molar-refractivity contribution in [3.05, 3.63) is 74.9 Å². The van der Waals surface area contributed by atoms with E-state index < -0.39 is 0 Å². The van der Waals surface area contributed by atoms with Crippen molar-refractivity contribution >= 4 is 17.2 Å². The number of amides is 1. The molecule has 0 unspecified atom stereocenters. The number of benzene rings is 2. The maximum atomic E-state index is 12.5. The van der Waals surface area contributed by atoms with Gasteiger partial charge in [0, 0.05) is 17.0 Å². The zero-order valence-corrected chi connectivity index (χ0v) is 15.9. The van der Waals surface area contributed by atoms with Crippen molar-refractivity contribution in [3.63, 3.8) is 0 Å². The van der Waals surface area contributed by atoms with E-state index in [9.17, 15) is 4.79 Å². The van der Waals surface area contributed by atoms with Crippen molar-refractivity contribution < 1.29 is 4.79 Å². The normalized spacial score (nSPS) is 11.8. The van der Waals surface area contributed by atoms with E-state index in [1.807, 2.05) is 31.2 Å². The molecule has 0 N–H and O–H groups in total. The molecule has 128 valence electrons. The lowest BCUT2D eigenvalue weighted by Crippen LogP contribution is -2.17. The van der Waals surface area contributed by atoms with Crippen LogP contribution in [-0.2, 0) is 6.54 Å². The predicted molar refractivity (Wildman–Crippen MR) is 104 cm³/mol. The Kier molecular flexibility index (Phi) is 5.00. The maximum absolute atomic E-state index is 12.5. The molecule has 0 saturated carbocycles. The van der Waals surface area contributed by atoms with E-state index in [0.717, 1.165) is 28.2 Å². The lowest BCUT2D eigenvalue weighted by Gasteiger charge is -2.08. The third-order valence-corrected chi connectivity index (χ3v) is 5.21. The summed E-state index contributed by atoms with van der Waals surface area (Å²) in [5.41, 5.74) is 5.29. The van der Waals surface area contributed by atoms with E-state index in [-0.39, 0.29) is 5.91 Å². The van der Waals surface area contributed by atoms with E-state index in [1.54, 1.807) is 11.3 Å². The Morgan fingerprint density at radius 3 is 2.08 bits per heavy atom. The monoisotopic (exact) mass is 350 g/mol. The summed E-state index contributed by atoms with van der Waals surface area (Å²) in [4.78, 5) is 18.8. The van der Waals surface area contributed by atoms with E-state index in [2.05, 4.69) is 54.6 Å². The lowest BCUT2D eigenvalue weighted by molar-refractivity contribution is 0.0998. The van der Waals surface area contributed by atoms with Gasteiger partial charge in [-0.3, -0.25) is 4.79 Å². The highest BCUT2D eigenvalue weighted by Crippen LogP contribution is 2.25. The minimum Gasteiger partial charge on any atom is -0.316 e. The van der Waals surface area contributed by atoms with Crippen molar-refractivity contribution in [2.45, 2.75) is 34.2 Å². The van der Waals surface area contributed by atoms with Gasteiger partial charge >= 0.3 is 0 Å². The number of carbonyl (C=O) groups is 1. The standard InChI is InChI=1S/C21H22N2OS/c1-5-23-19(17-10-6-14(2)7-11-17)16(4)25-21(23)22-20(24)18-12-8-15(3)9-13-18/h6-13H,5H2,1-4H3. The summed E-state index contributed by atoms with van der Waals surface area (Å²) < 4.78 is 2.12. The summed E-state index contributed by atoms with van der Waals surface area (Å²) >= 11 is 1.57. The first kappa shape index (κ1) is 17.4. The molecule has 0 aliphatic heterocycles. The number of aryl methyl sites for hydroxylation is 3. The van der Waals surface area contributed by atoms with Gasteiger partial charge in [0.05, 0.1) is 5.69 Å². The summed E-state index contributed by atoms with van der Waals surface area (Å²) in [6.07, 6.45) is 0. The smallest absolute Gasteiger partial charge is 0.279 e. The molecule has 1 aromatic heterocycles. The summed E-state index contributed by atoms with van der Waals surface area (Å²) in [7, 11) is 0. The SMILES string of the molecule is CCn1c(-c2ccc(C)cc2)c(C)sc1=NC(=O)c1ccc(C)cc1. The molecule has 1 heterocycles. The average Bonchev–Trinajstić information content (AvgIpc) is 2.91. The Hall–Kier alpha value is -2.46. The fourth-order valence-electron chi connectivity index (χ4n) is 2.82. The van der Waals surface area contributed by atoms with E-state index in [1.165, 1.54) is 10.4 Å². The van der Waals surface area contributed by atoms with Crippen LogP contribution in [0, 0.1) is 20.8 Å². The highest BCUT2D eigenvalue weighted by atomic mass is 32.1. The van der Waals surface area contributed by atoms with Gasteiger partial charge in [0.2, 0.25) is 0 Å². The molecular formula is C21H22N2OS. The van der Waals surface area contributed by atoms with Crippen LogP contribution < -0.4 is 4.80 Å². The second kappa shape index (κ2) is 7.19. The molecule has 0 aliphatic rings. The minimum absolute atomic E-state index is 0.195. The van der Waals surface area contributed by atoms with E-state index in [0.29, 0.717) is 5.56 Å². The Bertz CT molecular complexity index is 961. The Morgan fingerprint density at radius 2 is 1.52 bits per heavy atom. The molecule has 0 bridgehead atoms. The first-order valence-corrected chi connectivity index (χ1v) is 9.24. The van der Waals surface area contributed by atoms with Crippen molar-refractivity contribution in [2.24, 2.45) is 4.99 Å². The number of rotatable bonds is 3. The van der Waals surface area contributed by atoms with Gasteiger partial charge in [-0.2, -0.15) is 4.99 Å². The number of aromatic nitrogens is 1. The van der Waals surface area contributed by atoms with Gasteiger partial charge in [0.1, 0.15) is 0 Å². The van der Waals surface area contributed by atoms with Crippen LogP contribution in [0.5, 0.6) is 0 Å². The van der Waals surface area contributed by atoms with Crippen molar-refractivity contribution in [1.82, 2.24) is 4.57 Å². The van der Waals surface area contributed by atoms with Crippen molar-refractivity contribution in [2.75, 3.05) is 0 Å². The fourth-order valence-corrected chi connectivity index (χ4v) is 3.88. The maximum Gasteiger partial charge on any atom is 0.279 e. The molecule has 4 heteroatoms. The van der Waals surface area contributed by atoms with Gasteiger partial charge < -0.3 is 4.57 Å². The van der Waals surface area contributed by atoms with E-state index >= 15 is 0 Å². The molecule has 0 atom stereocenters. The van der Waals surface area contributed by atoms with Crippen LogP contribution in [0.3, 0.4) is 0 Å². The van der Waals surface area contributed by atoms with Gasteiger partial charge in [0.15, 0.2) is 4.80 Å². The second-order valence-corrected chi connectivity index (χ2v) is 7.36. The lowest BCUT2D eigenvalue weighted by atomic mass is 10.1. The van der Waals surface area contributed by atoms with Gasteiger partial charge in [-0.1, -0.05) is 47.5 Å². The van der Waals surface area contributed by atoms with Crippen LogP contribution in [0.1, 0.15) is 33.3 Å². The molecule has 1 amide bonds. The Morgan fingerprint density at radius 1 is 0.960 bits per heavy atom. The number of nitrogens with zero attached hydrogens (tertiary/aromatic N) is 2. The van der Waals surface area contributed by atoms with Crippen LogP contribution in [-0.4, -0.2) is 10.5 Å². The average molecular weight is 350 g/mol. The summed E-state index contributed by atoms with van der Waals surface area (Å²) in [5.74, 6) is -0.195. The quantitative estimate of drug-likeness (QED) is 0.661. The highest BCUT2D eigenvalue weighted by Gasteiger charge is 2.13. The van der Waals surface area contributed by atoms with Crippen LogP contribution >= 0.6 is 11.3 Å². The zero-order valence-electron chi connectivity index (χ0n) is 15.0. The van der Waals surface area contributed by atoms with Crippen molar-refractivity contribution in [3.8, 4) is 11.3 Å². The van der Waals surface area contributed by atoms with Crippen LogP contribution in [0.15, 0.2) is 53.5 Å². The second-order valence-electron chi connectivity index (χ2n) is 6.18. The topological polar surface area (TPSA) is 34.4 Å². The molecule has 3 nitrogen and oxygen atoms in total. The Balaban J connectivity index is 2.08.